The molecule has 146 valence electrons. The molecule has 1 fully saturated rings. The fourth-order valence-corrected chi connectivity index (χ4v) is 3.55. The Kier molecular flexibility index (Phi) is 5.20. The molecule has 0 spiro atoms. The Morgan fingerprint density at radius 3 is 2.48 bits per heavy atom. The van der Waals surface area contributed by atoms with Crippen LogP contribution in [0.2, 0.25) is 0 Å². The molecule has 0 radical (unpaired) electrons. The van der Waals surface area contributed by atoms with Gasteiger partial charge in [-0.3, -0.25) is 14.6 Å². The number of Topliss-reactive ketones (excluding diaryl/α,β-unsaturated/α-hetero) is 1. The largest absolute Gasteiger partial charge is 0.507 e. The number of hydrogen-bond donors (Lipinski definition) is 1. The number of ketones is 1. The first-order chi connectivity index (χ1) is 14.2. The lowest BCUT2D eigenvalue weighted by Gasteiger charge is -2.24. The normalized spacial score (nSPS) is 18.3. The highest BCUT2D eigenvalue weighted by molar-refractivity contribution is 6.46. The Morgan fingerprint density at radius 1 is 1.00 bits per heavy atom. The number of carbonyl (C=O) groups is 2. The summed E-state index contributed by atoms with van der Waals surface area (Å²) in [5, 5.41) is 10.9. The average molecular weight is 388 g/mol. The summed E-state index contributed by atoms with van der Waals surface area (Å²) in [6, 6.07) is 13.4. The van der Waals surface area contributed by atoms with Crippen LogP contribution >= 0.6 is 0 Å². The Balaban J connectivity index is 1.70. The van der Waals surface area contributed by atoms with Gasteiger partial charge in [0.15, 0.2) is 0 Å². The van der Waals surface area contributed by atoms with E-state index in [1.54, 1.807) is 61.2 Å². The van der Waals surface area contributed by atoms with E-state index in [0.717, 1.165) is 0 Å². The van der Waals surface area contributed by atoms with Crippen molar-refractivity contribution in [2.45, 2.75) is 19.0 Å². The maximum atomic E-state index is 12.9. The van der Waals surface area contributed by atoms with Crippen LogP contribution in [0, 0.1) is 0 Å². The van der Waals surface area contributed by atoms with Crippen LogP contribution in [0.5, 0.6) is 0 Å². The molecule has 7 heteroatoms. The smallest absolute Gasteiger partial charge is 0.295 e. The molecule has 0 aliphatic carbocycles. The molecule has 1 aliphatic heterocycles. The van der Waals surface area contributed by atoms with E-state index in [9.17, 15) is 14.7 Å². The predicted octanol–water partition coefficient (Wildman–Crippen LogP) is 2.79. The van der Waals surface area contributed by atoms with E-state index < -0.39 is 17.7 Å². The van der Waals surface area contributed by atoms with Crippen LogP contribution in [-0.2, 0) is 16.1 Å². The number of amides is 1. The van der Waals surface area contributed by atoms with Crippen molar-refractivity contribution < 1.29 is 14.7 Å². The van der Waals surface area contributed by atoms with Gasteiger partial charge in [0.1, 0.15) is 11.8 Å². The molecule has 3 heterocycles. The van der Waals surface area contributed by atoms with E-state index in [1.165, 1.54) is 4.90 Å². The van der Waals surface area contributed by atoms with E-state index in [-0.39, 0.29) is 11.3 Å². The fraction of sp³-hybridized carbons (Fsp3) is 0.182. The fourth-order valence-electron chi connectivity index (χ4n) is 3.55. The molecule has 1 aliphatic rings. The third-order valence-corrected chi connectivity index (χ3v) is 4.93. The number of aliphatic hydroxyl groups excluding tert-OH is 1. The third kappa shape index (κ3) is 3.67. The summed E-state index contributed by atoms with van der Waals surface area (Å²) in [4.78, 5) is 35.5. The lowest BCUT2D eigenvalue weighted by Crippen LogP contribution is -2.31. The van der Waals surface area contributed by atoms with Crippen molar-refractivity contribution in [3.63, 3.8) is 0 Å². The summed E-state index contributed by atoms with van der Waals surface area (Å²) in [5.41, 5.74) is 1.11. The second-order valence-electron chi connectivity index (χ2n) is 6.77. The number of hydrogen-bond acceptors (Lipinski definition) is 5. The van der Waals surface area contributed by atoms with Gasteiger partial charge in [-0.2, -0.15) is 0 Å². The van der Waals surface area contributed by atoms with E-state index in [0.29, 0.717) is 30.8 Å². The SMILES string of the molecule is O=C1C(=O)N(CCCn2ccnc2)C(c2ccccn2)C1=C(O)c1ccccc1. The topological polar surface area (TPSA) is 88.3 Å². The van der Waals surface area contributed by atoms with Gasteiger partial charge in [0.25, 0.3) is 11.7 Å². The molecule has 2 aromatic heterocycles. The molecule has 0 saturated carbocycles. The van der Waals surface area contributed by atoms with Gasteiger partial charge in [0, 0.05) is 37.2 Å². The molecular formula is C22H20N4O3. The molecule has 1 amide bonds. The molecule has 1 aromatic carbocycles. The highest BCUT2D eigenvalue weighted by Crippen LogP contribution is 2.38. The molecule has 0 bridgehead atoms. The summed E-state index contributed by atoms with van der Waals surface area (Å²) in [7, 11) is 0. The van der Waals surface area contributed by atoms with E-state index in [4.69, 9.17) is 0 Å². The zero-order valence-corrected chi connectivity index (χ0v) is 15.7. The van der Waals surface area contributed by atoms with Gasteiger partial charge in [-0.05, 0) is 18.6 Å². The lowest BCUT2D eigenvalue weighted by atomic mass is 9.98. The Morgan fingerprint density at radius 2 is 1.79 bits per heavy atom. The molecule has 1 unspecified atom stereocenters. The molecule has 3 aromatic rings. The third-order valence-electron chi connectivity index (χ3n) is 4.93. The van der Waals surface area contributed by atoms with Crippen LogP contribution in [0.1, 0.15) is 23.7 Å². The number of aromatic nitrogens is 3. The van der Waals surface area contributed by atoms with Crippen LogP contribution in [0.15, 0.2) is 79.0 Å². The second-order valence-corrected chi connectivity index (χ2v) is 6.77. The second kappa shape index (κ2) is 8.10. The standard InChI is InChI=1S/C22H20N4O3/c27-20(16-7-2-1-3-8-16)18-19(17-9-4-5-10-24-17)26(22(29)21(18)28)13-6-12-25-14-11-23-15-25/h1-5,7-11,14-15,19,27H,6,12-13H2. The summed E-state index contributed by atoms with van der Waals surface area (Å²) in [6.45, 7) is 1.02. The summed E-state index contributed by atoms with van der Waals surface area (Å²) < 4.78 is 1.91. The van der Waals surface area contributed by atoms with Gasteiger partial charge in [-0.1, -0.05) is 36.4 Å². The van der Waals surface area contributed by atoms with Crippen LogP contribution in [0.4, 0.5) is 0 Å². The maximum absolute atomic E-state index is 12.9. The van der Waals surface area contributed by atoms with Gasteiger partial charge in [-0.15, -0.1) is 0 Å². The van der Waals surface area contributed by atoms with Crippen molar-refractivity contribution in [3.05, 3.63) is 90.3 Å². The van der Waals surface area contributed by atoms with Crippen molar-refractivity contribution >= 4 is 17.4 Å². The zero-order chi connectivity index (χ0) is 20.2. The summed E-state index contributed by atoms with van der Waals surface area (Å²) in [6.07, 6.45) is 7.50. The van der Waals surface area contributed by atoms with E-state index in [2.05, 4.69) is 9.97 Å². The van der Waals surface area contributed by atoms with Gasteiger partial charge < -0.3 is 14.6 Å². The van der Waals surface area contributed by atoms with Crippen molar-refractivity contribution in [2.75, 3.05) is 6.54 Å². The molecule has 1 atom stereocenters. The maximum Gasteiger partial charge on any atom is 0.295 e. The lowest BCUT2D eigenvalue weighted by molar-refractivity contribution is -0.140. The van der Waals surface area contributed by atoms with Gasteiger partial charge >= 0.3 is 0 Å². The molecular weight excluding hydrogens is 368 g/mol. The highest BCUT2D eigenvalue weighted by Gasteiger charge is 2.46. The number of nitrogens with zero attached hydrogens (tertiary/aromatic N) is 4. The zero-order valence-electron chi connectivity index (χ0n) is 15.7. The van der Waals surface area contributed by atoms with E-state index in [1.807, 2.05) is 16.8 Å². The molecule has 7 nitrogen and oxygen atoms in total. The number of imidazole rings is 1. The van der Waals surface area contributed by atoms with E-state index >= 15 is 0 Å². The van der Waals surface area contributed by atoms with Crippen LogP contribution < -0.4 is 0 Å². The van der Waals surface area contributed by atoms with Gasteiger partial charge in [0.2, 0.25) is 0 Å². The minimum atomic E-state index is -0.723. The highest BCUT2D eigenvalue weighted by atomic mass is 16.3. The number of aryl methyl sites for hydroxylation is 1. The number of benzene rings is 1. The first-order valence-electron chi connectivity index (χ1n) is 9.37. The summed E-state index contributed by atoms with van der Waals surface area (Å²) >= 11 is 0. The molecule has 1 N–H and O–H groups in total. The molecule has 29 heavy (non-hydrogen) atoms. The Labute approximate surface area is 168 Å². The Hall–Kier alpha value is -3.74. The average Bonchev–Trinajstić information content (AvgIpc) is 3.37. The number of carbonyl (C=O) groups excluding carboxylic acids is 2. The minimum absolute atomic E-state index is 0.0718. The number of pyridine rings is 1. The molecule has 4 rings (SSSR count). The molecule has 1 saturated heterocycles. The number of aliphatic hydroxyl groups is 1. The van der Waals surface area contributed by atoms with Gasteiger partial charge in [-0.25, -0.2) is 4.98 Å². The number of rotatable bonds is 6. The predicted molar refractivity (Wildman–Crippen MR) is 107 cm³/mol. The minimum Gasteiger partial charge on any atom is -0.507 e. The van der Waals surface area contributed by atoms with Gasteiger partial charge in [0.05, 0.1) is 17.6 Å². The van der Waals surface area contributed by atoms with Crippen molar-refractivity contribution in [1.82, 2.24) is 19.4 Å². The van der Waals surface area contributed by atoms with Crippen LogP contribution in [0.3, 0.4) is 0 Å². The quantitative estimate of drug-likeness (QED) is 0.399. The van der Waals surface area contributed by atoms with Crippen LogP contribution in [0.25, 0.3) is 5.76 Å². The van der Waals surface area contributed by atoms with Crippen molar-refractivity contribution in [3.8, 4) is 0 Å². The summed E-state index contributed by atoms with van der Waals surface area (Å²) in [5.74, 6) is -1.50. The first kappa shape index (κ1) is 18.6. The number of likely N-dealkylation sites (tertiary alicyclic amines) is 1. The van der Waals surface area contributed by atoms with Crippen molar-refractivity contribution in [2.24, 2.45) is 0 Å². The van der Waals surface area contributed by atoms with Crippen molar-refractivity contribution in [1.29, 1.82) is 0 Å². The van der Waals surface area contributed by atoms with Crippen LogP contribution in [-0.4, -0.2) is 42.8 Å². The first-order valence-corrected chi connectivity index (χ1v) is 9.37. The monoisotopic (exact) mass is 388 g/mol. The Bertz CT molecular complexity index is 1030.